The smallest absolute Gasteiger partial charge is 0.326 e. The normalized spacial score (nSPS) is 14.6. The molecule has 0 radical (unpaired) electrons. The number of aromatic nitrogens is 3. The Hall–Kier alpha value is -3.55. The minimum Gasteiger partial charge on any atom is -0.454 e. The van der Waals surface area contributed by atoms with Crippen LogP contribution in [0, 0.1) is 6.92 Å². The van der Waals surface area contributed by atoms with E-state index >= 15 is 0 Å². The van der Waals surface area contributed by atoms with Gasteiger partial charge in [0.05, 0.1) is 6.54 Å². The highest BCUT2D eigenvalue weighted by Crippen LogP contribution is 2.36. The lowest BCUT2D eigenvalue weighted by Crippen LogP contribution is -2.35. The number of carbonyl (C=O) groups is 1. The molecule has 8 nitrogen and oxygen atoms in total. The van der Waals surface area contributed by atoms with Gasteiger partial charge in [0.1, 0.15) is 5.82 Å². The quantitative estimate of drug-likeness (QED) is 0.683. The van der Waals surface area contributed by atoms with E-state index in [4.69, 9.17) is 9.47 Å². The molecular weight excluding hydrogens is 394 g/mol. The van der Waals surface area contributed by atoms with Gasteiger partial charge < -0.3 is 19.4 Å². The summed E-state index contributed by atoms with van der Waals surface area (Å²) in [7, 11) is 0. The van der Waals surface area contributed by atoms with Crippen LogP contribution in [0.3, 0.4) is 0 Å². The summed E-state index contributed by atoms with van der Waals surface area (Å²) in [5.74, 6) is 3.09. The van der Waals surface area contributed by atoms with E-state index in [1.54, 1.807) is 4.90 Å². The molecule has 3 heterocycles. The molecule has 8 heteroatoms. The molecule has 31 heavy (non-hydrogen) atoms. The number of anilines is 2. The summed E-state index contributed by atoms with van der Waals surface area (Å²) >= 11 is 0. The van der Waals surface area contributed by atoms with Crippen LogP contribution in [0.1, 0.15) is 36.5 Å². The predicted molar refractivity (Wildman–Crippen MR) is 117 cm³/mol. The lowest BCUT2D eigenvalue weighted by atomic mass is 10.2. The minimum absolute atomic E-state index is 0.187. The van der Waals surface area contributed by atoms with Crippen molar-refractivity contribution in [2.24, 2.45) is 0 Å². The number of benzene rings is 2. The number of urea groups is 1. The van der Waals surface area contributed by atoms with Crippen molar-refractivity contribution in [1.29, 1.82) is 0 Å². The van der Waals surface area contributed by atoms with Crippen LogP contribution in [0.5, 0.6) is 11.5 Å². The first-order chi connectivity index (χ1) is 15.2. The Morgan fingerprint density at radius 3 is 2.77 bits per heavy atom. The molecule has 2 aliphatic heterocycles. The SMILES string of the molecule is Cc1ccc(NC(=O)N(Cc2nnc3n2CCCCC3)c2ccc3c(c2)OCO3)cc1. The Bertz CT molecular complexity index is 1090. The van der Waals surface area contributed by atoms with E-state index in [0.29, 0.717) is 23.7 Å². The number of aryl methyl sites for hydroxylation is 2. The minimum atomic E-state index is -0.242. The number of fused-ring (bicyclic) bond motifs is 2. The molecule has 2 aliphatic rings. The van der Waals surface area contributed by atoms with Gasteiger partial charge in [-0.05, 0) is 44.0 Å². The van der Waals surface area contributed by atoms with Crippen LogP contribution in [-0.4, -0.2) is 27.6 Å². The standard InChI is InChI=1S/C23H25N5O3/c1-16-6-8-17(9-7-16)24-23(29)28(18-10-11-19-20(13-18)31-15-30-19)14-22-26-25-21-5-3-2-4-12-27(21)22/h6-11,13H,2-5,12,14-15H2,1H3,(H,24,29). The topological polar surface area (TPSA) is 81.5 Å². The zero-order valence-corrected chi connectivity index (χ0v) is 17.5. The maximum Gasteiger partial charge on any atom is 0.326 e. The van der Waals surface area contributed by atoms with Crippen molar-refractivity contribution in [3.05, 3.63) is 59.7 Å². The van der Waals surface area contributed by atoms with E-state index in [9.17, 15) is 4.79 Å². The first kappa shape index (κ1) is 19.4. The van der Waals surface area contributed by atoms with E-state index in [0.717, 1.165) is 48.7 Å². The summed E-state index contributed by atoms with van der Waals surface area (Å²) < 4.78 is 13.1. The average molecular weight is 419 g/mol. The molecule has 2 aromatic carbocycles. The lowest BCUT2D eigenvalue weighted by Gasteiger charge is -2.23. The molecule has 1 aromatic heterocycles. The second kappa shape index (κ2) is 8.29. The van der Waals surface area contributed by atoms with Crippen LogP contribution in [0.25, 0.3) is 0 Å². The fourth-order valence-electron chi connectivity index (χ4n) is 3.96. The van der Waals surface area contributed by atoms with Crippen LogP contribution in [0.4, 0.5) is 16.2 Å². The largest absolute Gasteiger partial charge is 0.454 e. The van der Waals surface area contributed by atoms with Crippen LogP contribution < -0.4 is 19.7 Å². The van der Waals surface area contributed by atoms with Crippen molar-refractivity contribution in [2.75, 3.05) is 17.0 Å². The summed E-state index contributed by atoms with van der Waals surface area (Å²) in [5.41, 5.74) is 2.58. The van der Waals surface area contributed by atoms with Gasteiger partial charge in [0.25, 0.3) is 0 Å². The molecule has 0 atom stereocenters. The maximum atomic E-state index is 13.3. The Kier molecular flexibility index (Phi) is 5.19. The van der Waals surface area contributed by atoms with Gasteiger partial charge in [0.2, 0.25) is 6.79 Å². The predicted octanol–water partition coefficient (Wildman–Crippen LogP) is 4.28. The van der Waals surface area contributed by atoms with E-state index in [1.807, 2.05) is 49.4 Å². The number of amides is 2. The second-order valence-electron chi connectivity index (χ2n) is 7.91. The third kappa shape index (κ3) is 4.05. The lowest BCUT2D eigenvalue weighted by molar-refractivity contribution is 0.174. The zero-order chi connectivity index (χ0) is 21.2. The van der Waals surface area contributed by atoms with Gasteiger partial charge in [-0.3, -0.25) is 4.90 Å². The van der Waals surface area contributed by atoms with Crippen molar-refractivity contribution in [3.8, 4) is 11.5 Å². The fraction of sp³-hybridized carbons (Fsp3) is 0.348. The third-order valence-electron chi connectivity index (χ3n) is 5.70. The zero-order valence-electron chi connectivity index (χ0n) is 17.5. The number of nitrogens with one attached hydrogen (secondary N) is 1. The Balaban J connectivity index is 1.46. The summed E-state index contributed by atoms with van der Waals surface area (Å²) in [4.78, 5) is 15.0. The summed E-state index contributed by atoms with van der Waals surface area (Å²) in [6.45, 7) is 3.39. The van der Waals surface area contributed by atoms with Crippen molar-refractivity contribution in [1.82, 2.24) is 14.8 Å². The third-order valence-corrected chi connectivity index (χ3v) is 5.70. The number of hydrogen-bond acceptors (Lipinski definition) is 5. The molecule has 0 bridgehead atoms. The first-order valence-electron chi connectivity index (χ1n) is 10.6. The summed E-state index contributed by atoms with van der Waals surface area (Å²) in [6.07, 6.45) is 4.32. The number of carbonyl (C=O) groups excluding carboxylic acids is 1. The molecule has 160 valence electrons. The maximum absolute atomic E-state index is 13.3. The molecule has 0 spiro atoms. The molecule has 0 fully saturated rings. The van der Waals surface area contributed by atoms with Gasteiger partial charge in [0.15, 0.2) is 17.3 Å². The van der Waals surface area contributed by atoms with Crippen LogP contribution in [0.15, 0.2) is 42.5 Å². The van der Waals surface area contributed by atoms with Gasteiger partial charge in [-0.1, -0.05) is 24.1 Å². The number of hydrogen-bond donors (Lipinski definition) is 1. The highest BCUT2D eigenvalue weighted by atomic mass is 16.7. The van der Waals surface area contributed by atoms with Crippen LogP contribution >= 0.6 is 0 Å². The Morgan fingerprint density at radius 1 is 1.06 bits per heavy atom. The fourth-order valence-corrected chi connectivity index (χ4v) is 3.96. The van der Waals surface area contributed by atoms with Crippen molar-refractivity contribution < 1.29 is 14.3 Å². The van der Waals surface area contributed by atoms with E-state index < -0.39 is 0 Å². The Labute approximate surface area is 180 Å². The van der Waals surface area contributed by atoms with Crippen molar-refractivity contribution in [3.63, 3.8) is 0 Å². The van der Waals surface area contributed by atoms with Crippen molar-refractivity contribution >= 4 is 17.4 Å². The number of ether oxygens (including phenoxy) is 2. The second-order valence-corrected chi connectivity index (χ2v) is 7.91. The average Bonchev–Trinajstić information content (AvgIpc) is 3.33. The molecule has 0 unspecified atom stereocenters. The Morgan fingerprint density at radius 2 is 1.90 bits per heavy atom. The summed E-state index contributed by atoms with van der Waals surface area (Å²) in [6, 6.07) is 13.0. The van der Waals surface area contributed by atoms with E-state index in [1.165, 1.54) is 6.42 Å². The number of nitrogens with zero attached hydrogens (tertiary/aromatic N) is 4. The molecular formula is C23H25N5O3. The first-order valence-corrected chi connectivity index (χ1v) is 10.6. The molecule has 5 rings (SSSR count). The van der Waals surface area contributed by atoms with E-state index in [-0.39, 0.29) is 12.8 Å². The monoisotopic (exact) mass is 419 g/mol. The van der Waals surface area contributed by atoms with Crippen LogP contribution in [-0.2, 0) is 19.5 Å². The molecule has 3 aromatic rings. The molecule has 0 saturated carbocycles. The van der Waals surface area contributed by atoms with Gasteiger partial charge >= 0.3 is 6.03 Å². The van der Waals surface area contributed by atoms with Gasteiger partial charge in [0, 0.05) is 30.4 Å². The van der Waals surface area contributed by atoms with Gasteiger partial charge in [-0.25, -0.2) is 4.79 Å². The van der Waals surface area contributed by atoms with Gasteiger partial charge in [-0.2, -0.15) is 0 Å². The van der Waals surface area contributed by atoms with Crippen LogP contribution in [0.2, 0.25) is 0 Å². The molecule has 2 amide bonds. The summed E-state index contributed by atoms with van der Waals surface area (Å²) in [5, 5.41) is 11.8. The van der Waals surface area contributed by atoms with Gasteiger partial charge in [-0.15, -0.1) is 10.2 Å². The molecule has 0 saturated heterocycles. The van der Waals surface area contributed by atoms with E-state index in [2.05, 4.69) is 20.1 Å². The highest BCUT2D eigenvalue weighted by Gasteiger charge is 2.24. The number of rotatable bonds is 4. The molecule has 0 aliphatic carbocycles. The molecule has 1 N–H and O–H groups in total. The highest BCUT2D eigenvalue weighted by molar-refractivity contribution is 6.01. The van der Waals surface area contributed by atoms with Crippen molar-refractivity contribution in [2.45, 2.75) is 45.7 Å².